The molecule has 4 rings (SSSR count). The van der Waals surface area contributed by atoms with Gasteiger partial charge in [-0.05, 0) is 24.6 Å². The number of H-pyrrole nitrogens is 1. The normalized spacial score (nSPS) is 13.9. The molecule has 0 saturated carbocycles. The first-order valence-corrected chi connectivity index (χ1v) is 8.70. The van der Waals surface area contributed by atoms with Gasteiger partial charge in [0.2, 0.25) is 0 Å². The van der Waals surface area contributed by atoms with Crippen LogP contribution in [0, 0.1) is 15.9 Å². The van der Waals surface area contributed by atoms with E-state index in [0.29, 0.717) is 42.3 Å². The molecular formula is C19H16FN5O3. The lowest BCUT2D eigenvalue weighted by molar-refractivity contribution is -0.385. The van der Waals surface area contributed by atoms with Crippen molar-refractivity contribution < 1.29 is 9.31 Å². The van der Waals surface area contributed by atoms with Gasteiger partial charge in [-0.3, -0.25) is 24.8 Å². The van der Waals surface area contributed by atoms with Crippen molar-refractivity contribution in [3.8, 4) is 11.5 Å². The molecule has 0 spiro atoms. The quantitative estimate of drug-likeness (QED) is 0.550. The lowest BCUT2D eigenvalue weighted by atomic mass is 10.0. The molecule has 0 atom stereocenters. The Balaban J connectivity index is 1.61. The number of nitrogens with zero attached hydrogens (tertiary/aromatic N) is 4. The van der Waals surface area contributed by atoms with Gasteiger partial charge < -0.3 is 4.98 Å². The number of non-ortho nitro benzene ring substituents is 1. The highest BCUT2D eigenvalue weighted by atomic mass is 19.1. The number of nitrogens with one attached hydrogen (secondary N) is 1. The number of benzene rings is 1. The van der Waals surface area contributed by atoms with Gasteiger partial charge >= 0.3 is 0 Å². The molecule has 1 N–H and O–H groups in total. The fraction of sp³-hybridized carbons (Fsp3) is 0.211. The van der Waals surface area contributed by atoms with E-state index in [4.69, 9.17) is 0 Å². The first-order chi connectivity index (χ1) is 13.5. The van der Waals surface area contributed by atoms with Crippen LogP contribution in [0.25, 0.3) is 11.5 Å². The third-order valence-corrected chi connectivity index (χ3v) is 4.69. The van der Waals surface area contributed by atoms with Crippen LogP contribution >= 0.6 is 0 Å². The van der Waals surface area contributed by atoms with Gasteiger partial charge in [-0.25, -0.2) is 9.37 Å². The fourth-order valence-electron chi connectivity index (χ4n) is 3.29. The summed E-state index contributed by atoms with van der Waals surface area (Å²) < 4.78 is 14.1. The zero-order valence-electron chi connectivity index (χ0n) is 14.8. The molecule has 0 bridgehead atoms. The molecule has 142 valence electrons. The Kier molecular flexibility index (Phi) is 4.66. The topological polar surface area (TPSA) is 105 Å². The summed E-state index contributed by atoms with van der Waals surface area (Å²) in [6.07, 6.45) is 2.09. The number of nitro groups is 1. The zero-order valence-corrected chi connectivity index (χ0v) is 14.8. The van der Waals surface area contributed by atoms with Crippen LogP contribution in [-0.4, -0.2) is 31.3 Å². The van der Waals surface area contributed by atoms with Gasteiger partial charge in [0.05, 0.1) is 10.6 Å². The van der Waals surface area contributed by atoms with Crippen LogP contribution in [0.15, 0.2) is 47.4 Å². The van der Waals surface area contributed by atoms with E-state index in [1.54, 1.807) is 24.4 Å². The monoisotopic (exact) mass is 381 g/mol. The third kappa shape index (κ3) is 3.52. The Labute approximate surface area is 158 Å². The van der Waals surface area contributed by atoms with E-state index < -0.39 is 10.7 Å². The number of nitro benzene ring substituents is 1. The number of aromatic amines is 1. The largest absolute Gasteiger partial charge is 0.305 e. The summed E-state index contributed by atoms with van der Waals surface area (Å²) in [5.41, 5.74) is 1.67. The average Bonchev–Trinajstić information content (AvgIpc) is 2.70. The molecule has 28 heavy (non-hydrogen) atoms. The second-order valence-electron chi connectivity index (χ2n) is 6.55. The molecule has 0 saturated heterocycles. The fourth-order valence-corrected chi connectivity index (χ4v) is 3.29. The van der Waals surface area contributed by atoms with Crippen molar-refractivity contribution in [2.75, 3.05) is 6.54 Å². The Bertz CT molecular complexity index is 1100. The number of rotatable bonds is 4. The van der Waals surface area contributed by atoms with Crippen molar-refractivity contribution in [2.45, 2.75) is 19.5 Å². The zero-order chi connectivity index (χ0) is 19.7. The number of hydrogen-bond acceptors (Lipinski definition) is 6. The summed E-state index contributed by atoms with van der Waals surface area (Å²) in [5, 5.41) is 10.9. The van der Waals surface area contributed by atoms with E-state index in [9.17, 15) is 19.3 Å². The number of pyridine rings is 1. The van der Waals surface area contributed by atoms with Gasteiger partial charge in [-0.1, -0.05) is 6.07 Å². The maximum atomic E-state index is 14.1. The maximum absolute atomic E-state index is 14.1. The van der Waals surface area contributed by atoms with Crippen LogP contribution in [0.4, 0.5) is 10.1 Å². The van der Waals surface area contributed by atoms with E-state index in [1.807, 2.05) is 4.90 Å². The average molecular weight is 381 g/mol. The molecule has 3 heterocycles. The van der Waals surface area contributed by atoms with Crippen LogP contribution in [-0.2, 0) is 19.5 Å². The Morgan fingerprint density at radius 3 is 2.89 bits per heavy atom. The smallest absolute Gasteiger partial charge is 0.269 e. The third-order valence-electron chi connectivity index (χ3n) is 4.69. The summed E-state index contributed by atoms with van der Waals surface area (Å²) in [4.78, 5) is 36.2. The van der Waals surface area contributed by atoms with Gasteiger partial charge in [0.25, 0.3) is 11.2 Å². The number of hydrogen-bond donors (Lipinski definition) is 1. The van der Waals surface area contributed by atoms with Crippen molar-refractivity contribution in [1.29, 1.82) is 0 Å². The predicted octanol–water partition coefficient (Wildman–Crippen LogP) is 2.44. The summed E-state index contributed by atoms with van der Waals surface area (Å²) >= 11 is 0. The molecule has 3 aromatic rings. The van der Waals surface area contributed by atoms with E-state index in [-0.39, 0.29) is 23.4 Å². The van der Waals surface area contributed by atoms with Crippen LogP contribution in [0.5, 0.6) is 0 Å². The van der Waals surface area contributed by atoms with Gasteiger partial charge in [-0.15, -0.1) is 0 Å². The standard InChI is InChI=1S/C19H16FN5O3/c20-15-5-4-13(25(27)28)9-12(15)10-24-8-6-14-17(11-24)22-18(23-19(14)26)16-3-1-2-7-21-16/h1-5,7,9H,6,8,10-11H2,(H,22,23,26). The minimum Gasteiger partial charge on any atom is -0.305 e. The van der Waals surface area contributed by atoms with E-state index in [0.717, 1.165) is 12.1 Å². The molecule has 0 radical (unpaired) electrons. The molecular weight excluding hydrogens is 365 g/mol. The minimum absolute atomic E-state index is 0.152. The van der Waals surface area contributed by atoms with Crippen LogP contribution < -0.4 is 5.56 Å². The SMILES string of the molecule is O=c1[nH]c(-c2ccccn2)nc2c1CCN(Cc1cc([N+](=O)[O-])ccc1F)C2. The Morgan fingerprint density at radius 2 is 2.14 bits per heavy atom. The van der Waals surface area contributed by atoms with Crippen LogP contribution in [0.2, 0.25) is 0 Å². The molecule has 0 fully saturated rings. The predicted molar refractivity (Wildman–Crippen MR) is 99.0 cm³/mol. The van der Waals surface area contributed by atoms with Gasteiger partial charge in [0.15, 0.2) is 5.82 Å². The highest BCUT2D eigenvalue weighted by Gasteiger charge is 2.23. The summed E-state index contributed by atoms with van der Waals surface area (Å²) in [7, 11) is 0. The Morgan fingerprint density at radius 1 is 1.29 bits per heavy atom. The van der Waals surface area contributed by atoms with Crippen LogP contribution in [0.1, 0.15) is 16.8 Å². The first-order valence-electron chi connectivity index (χ1n) is 8.70. The lowest BCUT2D eigenvalue weighted by Gasteiger charge is -2.27. The second kappa shape index (κ2) is 7.28. The van der Waals surface area contributed by atoms with Crippen molar-refractivity contribution >= 4 is 5.69 Å². The first kappa shape index (κ1) is 17.9. The molecule has 2 aromatic heterocycles. The highest BCUT2D eigenvalue weighted by Crippen LogP contribution is 2.22. The Hall–Kier alpha value is -3.46. The van der Waals surface area contributed by atoms with Gasteiger partial charge in [-0.2, -0.15) is 0 Å². The van der Waals surface area contributed by atoms with Crippen LogP contribution in [0.3, 0.4) is 0 Å². The molecule has 1 aliphatic rings. The molecule has 8 nitrogen and oxygen atoms in total. The summed E-state index contributed by atoms with van der Waals surface area (Å²) in [5.74, 6) is -0.114. The molecule has 0 amide bonds. The van der Waals surface area contributed by atoms with Gasteiger partial charge in [0.1, 0.15) is 11.5 Å². The lowest BCUT2D eigenvalue weighted by Crippen LogP contribution is -2.35. The summed E-state index contributed by atoms with van der Waals surface area (Å²) in [6.45, 7) is 1.07. The molecule has 9 heteroatoms. The molecule has 0 aliphatic carbocycles. The van der Waals surface area contributed by atoms with E-state index in [1.165, 1.54) is 6.07 Å². The van der Waals surface area contributed by atoms with Gasteiger partial charge in [0, 0.05) is 49.1 Å². The molecule has 0 unspecified atom stereocenters. The van der Waals surface area contributed by atoms with Crippen molar-refractivity contribution in [3.05, 3.63) is 85.7 Å². The van der Waals surface area contributed by atoms with E-state index in [2.05, 4.69) is 15.0 Å². The minimum atomic E-state index is -0.547. The number of fused-ring (bicyclic) bond motifs is 1. The van der Waals surface area contributed by atoms with E-state index >= 15 is 0 Å². The second-order valence-corrected chi connectivity index (χ2v) is 6.55. The molecule has 1 aromatic carbocycles. The van der Waals surface area contributed by atoms with Crippen molar-refractivity contribution in [2.24, 2.45) is 0 Å². The van der Waals surface area contributed by atoms with Crippen molar-refractivity contribution in [3.63, 3.8) is 0 Å². The maximum Gasteiger partial charge on any atom is 0.269 e. The number of aromatic nitrogens is 3. The number of halogens is 1. The van der Waals surface area contributed by atoms with Crippen molar-refractivity contribution in [1.82, 2.24) is 19.9 Å². The molecule has 1 aliphatic heterocycles. The summed E-state index contributed by atoms with van der Waals surface area (Å²) in [6, 6.07) is 8.83. The highest BCUT2D eigenvalue weighted by molar-refractivity contribution is 5.49.